The predicted molar refractivity (Wildman–Crippen MR) is 56.5 cm³/mol. The van der Waals surface area contributed by atoms with Crippen molar-refractivity contribution in [2.24, 2.45) is 10.8 Å². The molecule has 1 aromatic heterocycles. The summed E-state index contributed by atoms with van der Waals surface area (Å²) in [6.07, 6.45) is 3.28. The molecule has 0 aliphatic carbocycles. The summed E-state index contributed by atoms with van der Waals surface area (Å²) in [6, 6.07) is 3.82. The minimum absolute atomic E-state index is 0.143. The highest BCUT2D eigenvalue weighted by Gasteiger charge is 1.92. The van der Waals surface area contributed by atoms with Crippen LogP contribution in [0.3, 0.4) is 0 Å². The fourth-order valence-electron chi connectivity index (χ4n) is 0.790. The Morgan fingerprint density at radius 3 is 3.15 bits per heavy atom. The van der Waals surface area contributed by atoms with Crippen molar-refractivity contribution in [3.05, 3.63) is 29.6 Å². The number of nitrogens with two attached hydrogens (primary N) is 1. The van der Waals surface area contributed by atoms with Gasteiger partial charge in [-0.15, -0.1) is 0 Å². The van der Waals surface area contributed by atoms with Crippen LogP contribution in [0.4, 0.5) is 0 Å². The first-order valence-electron chi connectivity index (χ1n) is 3.70. The van der Waals surface area contributed by atoms with Crippen LogP contribution in [0.15, 0.2) is 23.4 Å². The highest BCUT2D eigenvalue weighted by atomic mass is 32.1. The zero-order valence-electron chi connectivity index (χ0n) is 7.19. The lowest BCUT2D eigenvalue weighted by Gasteiger charge is -1.97. The first-order chi connectivity index (χ1) is 6.20. The zero-order valence-corrected chi connectivity index (χ0v) is 8.01. The van der Waals surface area contributed by atoms with E-state index in [1.165, 1.54) is 0 Å². The van der Waals surface area contributed by atoms with Crippen molar-refractivity contribution < 1.29 is 0 Å². The second-order valence-electron chi connectivity index (χ2n) is 2.44. The molecule has 0 radical (unpaired) electrons. The average molecular weight is 194 g/mol. The van der Waals surface area contributed by atoms with Gasteiger partial charge in [-0.1, -0.05) is 6.07 Å². The van der Waals surface area contributed by atoms with Crippen molar-refractivity contribution in [3.63, 3.8) is 0 Å². The summed E-state index contributed by atoms with van der Waals surface area (Å²) >= 11 is 4.58. The molecule has 0 unspecified atom stereocenters. The molecule has 0 atom stereocenters. The molecular formula is C8H10N4S. The molecule has 5 heteroatoms. The monoisotopic (exact) mass is 194 g/mol. The molecule has 3 N–H and O–H groups in total. The first-order valence-corrected chi connectivity index (χ1v) is 4.11. The Labute approximate surface area is 81.9 Å². The van der Waals surface area contributed by atoms with Gasteiger partial charge in [-0.2, -0.15) is 5.10 Å². The smallest absolute Gasteiger partial charge is 0.184 e. The van der Waals surface area contributed by atoms with Gasteiger partial charge in [0.2, 0.25) is 0 Å². The summed E-state index contributed by atoms with van der Waals surface area (Å²) < 4.78 is 0. The van der Waals surface area contributed by atoms with Gasteiger partial charge < -0.3 is 5.73 Å². The lowest BCUT2D eigenvalue weighted by molar-refractivity contribution is 1.04. The molecular weight excluding hydrogens is 184 g/mol. The molecule has 4 nitrogen and oxygen atoms in total. The van der Waals surface area contributed by atoms with E-state index in [-0.39, 0.29) is 5.11 Å². The molecule has 0 spiro atoms. The van der Waals surface area contributed by atoms with Crippen LogP contribution in [0.5, 0.6) is 0 Å². The quantitative estimate of drug-likeness (QED) is 0.410. The number of hydrogen-bond donors (Lipinski definition) is 2. The van der Waals surface area contributed by atoms with Gasteiger partial charge in [-0.3, -0.25) is 10.4 Å². The third-order valence-corrected chi connectivity index (χ3v) is 1.50. The number of rotatable bonds is 2. The van der Waals surface area contributed by atoms with E-state index >= 15 is 0 Å². The summed E-state index contributed by atoms with van der Waals surface area (Å²) in [5.41, 5.74) is 9.49. The SMILES string of the molecule is Cc1cccnc1/C=N/NC(N)=S. The lowest BCUT2D eigenvalue weighted by atomic mass is 10.2. The van der Waals surface area contributed by atoms with E-state index in [4.69, 9.17) is 5.73 Å². The normalized spacial score (nSPS) is 10.2. The summed E-state index contributed by atoms with van der Waals surface area (Å²) in [4.78, 5) is 4.10. The predicted octanol–water partition coefficient (Wildman–Crippen LogP) is 0.557. The number of pyridine rings is 1. The van der Waals surface area contributed by atoms with Crippen LogP contribution in [-0.4, -0.2) is 16.3 Å². The fraction of sp³-hybridized carbons (Fsp3) is 0.125. The number of aromatic nitrogens is 1. The highest BCUT2D eigenvalue weighted by Crippen LogP contribution is 1.98. The molecule has 1 rings (SSSR count). The van der Waals surface area contributed by atoms with Crippen molar-refractivity contribution in [1.82, 2.24) is 10.4 Å². The van der Waals surface area contributed by atoms with E-state index in [0.29, 0.717) is 0 Å². The summed E-state index contributed by atoms with van der Waals surface area (Å²) in [5, 5.41) is 3.94. The maximum absolute atomic E-state index is 5.18. The molecule has 13 heavy (non-hydrogen) atoms. The van der Waals surface area contributed by atoms with E-state index < -0.39 is 0 Å². The maximum atomic E-state index is 5.18. The van der Waals surface area contributed by atoms with Crippen LogP contribution >= 0.6 is 12.2 Å². The number of nitrogens with one attached hydrogen (secondary N) is 1. The minimum Gasteiger partial charge on any atom is -0.375 e. The molecule has 0 fully saturated rings. The molecule has 0 bridgehead atoms. The number of hydrazone groups is 1. The van der Waals surface area contributed by atoms with E-state index in [9.17, 15) is 0 Å². The van der Waals surface area contributed by atoms with E-state index in [1.807, 2.05) is 19.1 Å². The molecule has 0 aromatic carbocycles. The van der Waals surface area contributed by atoms with Crippen molar-refractivity contribution in [2.75, 3.05) is 0 Å². The van der Waals surface area contributed by atoms with Crippen LogP contribution in [-0.2, 0) is 0 Å². The third-order valence-electron chi connectivity index (χ3n) is 1.41. The van der Waals surface area contributed by atoms with Crippen LogP contribution in [0, 0.1) is 6.92 Å². The van der Waals surface area contributed by atoms with Gasteiger partial charge in [0.1, 0.15) is 0 Å². The minimum atomic E-state index is 0.143. The lowest BCUT2D eigenvalue weighted by Crippen LogP contribution is -2.24. The van der Waals surface area contributed by atoms with Crippen molar-refractivity contribution in [3.8, 4) is 0 Å². The van der Waals surface area contributed by atoms with Gasteiger partial charge in [0.05, 0.1) is 11.9 Å². The molecule has 0 amide bonds. The second kappa shape index (κ2) is 4.51. The number of aryl methyl sites for hydroxylation is 1. The van der Waals surface area contributed by atoms with E-state index in [0.717, 1.165) is 11.3 Å². The zero-order chi connectivity index (χ0) is 9.68. The Balaban J connectivity index is 2.68. The van der Waals surface area contributed by atoms with Crippen LogP contribution in [0.2, 0.25) is 0 Å². The van der Waals surface area contributed by atoms with E-state index in [2.05, 4.69) is 27.7 Å². The van der Waals surface area contributed by atoms with Gasteiger partial charge in [-0.05, 0) is 30.8 Å². The second-order valence-corrected chi connectivity index (χ2v) is 2.88. The molecule has 0 aliphatic rings. The van der Waals surface area contributed by atoms with Crippen molar-refractivity contribution in [1.29, 1.82) is 0 Å². The van der Waals surface area contributed by atoms with Crippen LogP contribution < -0.4 is 11.2 Å². The highest BCUT2D eigenvalue weighted by molar-refractivity contribution is 7.80. The van der Waals surface area contributed by atoms with Gasteiger partial charge in [0.25, 0.3) is 0 Å². The summed E-state index contributed by atoms with van der Waals surface area (Å²) in [6.45, 7) is 1.95. The average Bonchev–Trinajstić information content (AvgIpc) is 2.08. The topological polar surface area (TPSA) is 63.3 Å². The molecule has 0 aliphatic heterocycles. The van der Waals surface area contributed by atoms with Crippen molar-refractivity contribution >= 4 is 23.5 Å². The van der Waals surface area contributed by atoms with Crippen LogP contribution in [0.25, 0.3) is 0 Å². The van der Waals surface area contributed by atoms with Crippen molar-refractivity contribution in [2.45, 2.75) is 6.92 Å². The number of hydrogen-bond acceptors (Lipinski definition) is 3. The summed E-state index contributed by atoms with van der Waals surface area (Å²) in [5.74, 6) is 0. The van der Waals surface area contributed by atoms with Gasteiger partial charge in [0, 0.05) is 6.20 Å². The van der Waals surface area contributed by atoms with Gasteiger partial charge >= 0.3 is 0 Å². The van der Waals surface area contributed by atoms with Gasteiger partial charge in [0.15, 0.2) is 5.11 Å². The Hall–Kier alpha value is -1.49. The third kappa shape index (κ3) is 3.16. The summed E-state index contributed by atoms with van der Waals surface area (Å²) in [7, 11) is 0. The Bertz CT molecular complexity index is 335. The fourth-order valence-corrected chi connectivity index (χ4v) is 0.843. The molecule has 1 aromatic rings. The van der Waals surface area contributed by atoms with E-state index in [1.54, 1.807) is 12.4 Å². The Kier molecular flexibility index (Phi) is 3.33. The molecule has 0 saturated carbocycles. The van der Waals surface area contributed by atoms with Crippen LogP contribution in [0.1, 0.15) is 11.3 Å². The largest absolute Gasteiger partial charge is 0.375 e. The number of nitrogens with zero attached hydrogens (tertiary/aromatic N) is 2. The Morgan fingerprint density at radius 1 is 1.77 bits per heavy atom. The molecule has 0 saturated heterocycles. The molecule has 68 valence electrons. The number of thiocarbonyl (C=S) groups is 1. The van der Waals surface area contributed by atoms with Gasteiger partial charge in [-0.25, -0.2) is 0 Å². The maximum Gasteiger partial charge on any atom is 0.184 e. The standard InChI is InChI=1S/C8H10N4S/c1-6-3-2-4-10-7(6)5-11-12-8(9)13/h2-5H,1H3,(H3,9,12,13)/b11-5+. The molecule has 1 heterocycles. The Morgan fingerprint density at radius 2 is 2.54 bits per heavy atom. The first kappa shape index (κ1) is 9.60.